The average molecular weight is 313 g/mol. The summed E-state index contributed by atoms with van der Waals surface area (Å²) in [6.07, 6.45) is 1.24. The van der Waals surface area contributed by atoms with Crippen molar-refractivity contribution in [1.82, 2.24) is 5.32 Å². The minimum Gasteiger partial charge on any atom is -0.370 e. The molecule has 1 heterocycles. The normalized spacial score (nSPS) is 19.6. The average Bonchev–Trinajstić information content (AvgIpc) is 2.46. The lowest BCUT2D eigenvalue weighted by molar-refractivity contribution is 0.589. The molecule has 0 saturated carbocycles. The van der Waals surface area contributed by atoms with Gasteiger partial charge in [0.25, 0.3) is 0 Å². The summed E-state index contributed by atoms with van der Waals surface area (Å²) < 4.78 is 0. The van der Waals surface area contributed by atoms with Crippen LogP contribution in [0.1, 0.15) is 32.8 Å². The van der Waals surface area contributed by atoms with E-state index in [0.717, 1.165) is 29.9 Å². The molecule has 0 bridgehead atoms. The summed E-state index contributed by atoms with van der Waals surface area (Å²) in [4.78, 5) is 2.47. The predicted octanol–water partition coefficient (Wildman–Crippen LogP) is 4.17. The van der Waals surface area contributed by atoms with Crippen LogP contribution in [0.4, 0.5) is 5.69 Å². The van der Waals surface area contributed by atoms with Gasteiger partial charge in [0.05, 0.1) is 0 Å². The third-order valence-corrected chi connectivity index (χ3v) is 5.42. The molecule has 0 aliphatic carbocycles. The van der Waals surface area contributed by atoms with Crippen molar-refractivity contribution in [1.29, 1.82) is 0 Å². The van der Waals surface area contributed by atoms with Crippen LogP contribution in [0, 0.1) is 0 Å². The van der Waals surface area contributed by atoms with Crippen molar-refractivity contribution in [3.05, 3.63) is 28.8 Å². The highest BCUT2D eigenvalue weighted by atomic mass is 35.5. The Kier molecular flexibility index (Phi) is 6.06. The van der Waals surface area contributed by atoms with Crippen molar-refractivity contribution < 1.29 is 0 Å². The lowest BCUT2D eigenvalue weighted by Crippen LogP contribution is -2.37. The van der Waals surface area contributed by atoms with E-state index in [1.807, 2.05) is 0 Å². The second-order valence-electron chi connectivity index (χ2n) is 5.66. The monoisotopic (exact) mass is 312 g/mol. The largest absolute Gasteiger partial charge is 0.370 e. The molecule has 2 rings (SSSR count). The number of hydrogen-bond acceptors (Lipinski definition) is 3. The van der Waals surface area contributed by atoms with Gasteiger partial charge in [0.1, 0.15) is 0 Å². The quantitative estimate of drug-likeness (QED) is 0.878. The molecule has 0 spiro atoms. The predicted molar refractivity (Wildman–Crippen MR) is 92.2 cm³/mol. The van der Waals surface area contributed by atoms with E-state index in [2.05, 4.69) is 60.9 Å². The van der Waals surface area contributed by atoms with Crippen LogP contribution in [0.25, 0.3) is 0 Å². The van der Waals surface area contributed by atoms with E-state index in [1.54, 1.807) is 0 Å². The van der Waals surface area contributed by atoms with Gasteiger partial charge in [-0.2, -0.15) is 11.8 Å². The fraction of sp³-hybridized carbons (Fsp3) is 0.625. The molecule has 1 aliphatic heterocycles. The molecule has 1 aromatic rings. The van der Waals surface area contributed by atoms with E-state index in [9.17, 15) is 0 Å². The summed E-state index contributed by atoms with van der Waals surface area (Å²) in [6.45, 7) is 9.68. The first-order chi connectivity index (χ1) is 9.60. The first-order valence-corrected chi connectivity index (χ1v) is 8.91. The van der Waals surface area contributed by atoms with Gasteiger partial charge in [0.2, 0.25) is 0 Å². The van der Waals surface area contributed by atoms with Crippen molar-refractivity contribution >= 4 is 29.1 Å². The number of anilines is 1. The zero-order valence-electron chi connectivity index (χ0n) is 12.7. The topological polar surface area (TPSA) is 15.3 Å². The lowest BCUT2D eigenvalue weighted by atomic mass is 10.1. The Hall–Kier alpha value is -0.380. The van der Waals surface area contributed by atoms with Gasteiger partial charge < -0.3 is 10.2 Å². The van der Waals surface area contributed by atoms with Gasteiger partial charge in [0.15, 0.2) is 0 Å². The van der Waals surface area contributed by atoms with Gasteiger partial charge >= 0.3 is 0 Å². The molecule has 2 nitrogen and oxygen atoms in total. The zero-order valence-corrected chi connectivity index (χ0v) is 14.2. The van der Waals surface area contributed by atoms with Crippen LogP contribution in [0.5, 0.6) is 0 Å². The second kappa shape index (κ2) is 7.58. The van der Waals surface area contributed by atoms with Crippen molar-refractivity contribution in [2.75, 3.05) is 23.7 Å². The Labute approximate surface area is 132 Å². The molecule has 4 heteroatoms. The Bertz CT molecular complexity index is 436. The highest BCUT2D eigenvalue weighted by molar-refractivity contribution is 8.00. The number of benzene rings is 1. The summed E-state index contributed by atoms with van der Waals surface area (Å²) >= 11 is 8.53. The first-order valence-electron chi connectivity index (χ1n) is 7.48. The standard InChI is InChI=1S/C16H25ClN2S/c1-4-15-11-19(7-8-20-15)14-6-5-13(16(17)9-14)10-18-12(2)3/h5-6,9,12,15,18H,4,7-8,10-11H2,1-3H3. The van der Waals surface area contributed by atoms with Crippen LogP contribution in [0.15, 0.2) is 18.2 Å². The van der Waals surface area contributed by atoms with E-state index in [4.69, 9.17) is 11.6 Å². The van der Waals surface area contributed by atoms with Crippen LogP contribution in [-0.4, -0.2) is 30.1 Å². The summed E-state index contributed by atoms with van der Waals surface area (Å²) in [5.41, 5.74) is 2.45. The van der Waals surface area contributed by atoms with Crippen molar-refractivity contribution in [3.63, 3.8) is 0 Å². The third-order valence-electron chi connectivity index (χ3n) is 3.70. The van der Waals surface area contributed by atoms with Crippen LogP contribution >= 0.6 is 23.4 Å². The molecule has 1 unspecified atom stereocenters. The first kappa shape index (κ1) is 16.0. The smallest absolute Gasteiger partial charge is 0.0471 e. The maximum Gasteiger partial charge on any atom is 0.0471 e. The van der Waals surface area contributed by atoms with E-state index < -0.39 is 0 Å². The molecule has 0 aromatic heterocycles. The number of nitrogens with zero attached hydrogens (tertiary/aromatic N) is 1. The van der Waals surface area contributed by atoms with Crippen molar-refractivity contribution in [2.45, 2.75) is 45.0 Å². The van der Waals surface area contributed by atoms with E-state index in [1.165, 1.54) is 23.4 Å². The minimum absolute atomic E-state index is 0.482. The van der Waals surface area contributed by atoms with Gasteiger partial charge in [-0.05, 0) is 24.1 Å². The highest BCUT2D eigenvalue weighted by Gasteiger charge is 2.19. The van der Waals surface area contributed by atoms with E-state index in [0.29, 0.717) is 6.04 Å². The molecule has 1 N–H and O–H groups in total. The molecule has 112 valence electrons. The zero-order chi connectivity index (χ0) is 14.5. The second-order valence-corrected chi connectivity index (χ2v) is 7.47. The van der Waals surface area contributed by atoms with Gasteiger partial charge in [-0.15, -0.1) is 0 Å². The summed E-state index contributed by atoms with van der Waals surface area (Å²) in [6, 6.07) is 6.98. The summed E-state index contributed by atoms with van der Waals surface area (Å²) in [5.74, 6) is 1.22. The molecule has 20 heavy (non-hydrogen) atoms. The molecule has 1 aromatic carbocycles. The Morgan fingerprint density at radius 1 is 1.45 bits per heavy atom. The van der Waals surface area contributed by atoms with Crippen LogP contribution in [0.2, 0.25) is 5.02 Å². The fourth-order valence-corrected chi connectivity index (χ4v) is 3.81. The van der Waals surface area contributed by atoms with Crippen LogP contribution < -0.4 is 10.2 Å². The molecule has 0 amide bonds. The number of nitrogens with one attached hydrogen (secondary N) is 1. The SMILES string of the molecule is CCC1CN(c2ccc(CNC(C)C)c(Cl)c2)CCS1. The number of thioether (sulfide) groups is 1. The van der Waals surface area contributed by atoms with Gasteiger partial charge in [-0.1, -0.05) is 38.4 Å². The molecular formula is C16H25ClN2S. The fourth-order valence-electron chi connectivity index (χ4n) is 2.39. The molecular weight excluding hydrogens is 288 g/mol. The number of halogens is 1. The Morgan fingerprint density at radius 2 is 2.25 bits per heavy atom. The maximum atomic E-state index is 6.43. The number of hydrogen-bond donors (Lipinski definition) is 1. The summed E-state index contributed by atoms with van der Waals surface area (Å²) in [5, 5.41) is 5.05. The molecule has 1 aliphatic rings. The van der Waals surface area contributed by atoms with Crippen molar-refractivity contribution in [3.8, 4) is 0 Å². The van der Waals surface area contributed by atoms with Gasteiger partial charge in [-0.3, -0.25) is 0 Å². The minimum atomic E-state index is 0.482. The Balaban J connectivity index is 2.04. The van der Waals surface area contributed by atoms with E-state index in [-0.39, 0.29) is 0 Å². The Morgan fingerprint density at radius 3 is 2.90 bits per heavy atom. The van der Waals surface area contributed by atoms with E-state index >= 15 is 0 Å². The molecule has 1 saturated heterocycles. The molecule has 1 atom stereocenters. The lowest BCUT2D eigenvalue weighted by Gasteiger charge is -2.34. The van der Waals surface area contributed by atoms with Crippen LogP contribution in [0.3, 0.4) is 0 Å². The van der Waals surface area contributed by atoms with Crippen LogP contribution in [-0.2, 0) is 6.54 Å². The molecule has 0 radical (unpaired) electrons. The van der Waals surface area contributed by atoms with Crippen molar-refractivity contribution in [2.24, 2.45) is 0 Å². The van der Waals surface area contributed by atoms with Gasteiger partial charge in [-0.25, -0.2) is 0 Å². The number of rotatable bonds is 5. The highest BCUT2D eigenvalue weighted by Crippen LogP contribution is 2.29. The van der Waals surface area contributed by atoms with Gasteiger partial charge in [0, 0.05) is 47.4 Å². The third kappa shape index (κ3) is 4.31. The summed E-state index contributed by atoms with van der Waals surface area (Å²) in [7, 11) is 0. The maximum absolute atomic E-state index is 6.43. The molecule has 1 fully saturated rings.